The zero-order valence-electron chi connectivity index (χ0n) is 19.5. The molecule has 34 heavy (non-hydrogen) atoms. The molecule has 4 atom stereocenters. The van der Waals surface area contributed by atoms with Gasteiger partial charge in [-0.15, -0.1) is 0 Å². The molecule has 3 N–H and O–H groups in total. The van der Waals surface area contributed by atoms with E-state index in [1.807, 2.05) is 13.8 Å². The minimum absolute atomic E-state index is 0.0663. The van der Waals surface area contributed by atoms with Gasteiger partial charge in [0.05, 0.1) is 35.9 Å². The highest BCUT2D eigenvalue weighted by Crippen LogP contribution is 2.66. The lowest BCUT2D eigenvalue weighted by atomic mass is 9.85. The maximum atomic E-state index is 15.0. The van der Waals surface area contributed by atoms with Crippen molar-refractivity contribution in [1.82, 2.24) is 9.97 Å². The van der Waals surface area contributed by atoms with Crippen molar-refractivity contribution in [2.24, 2.45) is 16.6 Å². The molecule has 2 aliphatic rings. The standard InChI is InChI=1S/C23H28FN5O4S/c1-13(11-31-3)33-19-10-26-17(9-27-19)20(30)28-14-5-6-16(24)15(7-14)22(2)18-8-23(18,12-32-4)34-21(25)29-22/h5-7,9-10,13,18H,8,11-12H2,1-4H3,(H2,25,29)(H,28,30)/t13-,18-,22+,23+/m0/s1. The van der Waals surface area contributed by atoms with E-state index < -0.39 is 17.3 Å². The number of carbonyl (C=O) groups excluding carboxylic acids is 1. The van der Waals surface area contributed by atoms with Gasteiger partial charge in [0.1, 0.15) is 17.6 Å². The number of aromatic nitrogens is 2. The van der Waals surface area contributed by atoms with E-state index in [-0.39, 0.29) is 28.3 Å². The fraction of sp³-hybridized carbons (Fsp3) is 0.478. The Morgan fingerprint density at radius 1 is 1.32 bits per heavy atom. The Bertz CT molecular complexity index is 1100. The smallest absolute Gasteiger partial charge is 0.275 e. The topological polar surface area (TPSA) is 121 Å². The third-order valence-electron chi connectivity index (χ3n) is 6.10. The van der Waals surface area contributed by atoms with Gasteiger partial charge in [0.25, 0.3) is 5.91 Å². The fourth-order valence-corrected chi connectivity index (χ4v) is 5.93. The maximum Gasteiger partial charge on any atom is 0.275 e. The molecule has 2 heterocycles. The van der Waals surface area contributed by atoms with Crippen molar-refractivity contribution in [3.8, 4) is 5.88 Å². The summed E-state index contributed by atoms with van der Waals surface area (Å²) in [5, 5.41) is 3.16. The van der Waals surface area contributed by atoms with E-state index in [0.29, 0.717) is 29.6 Å². The molecule has 0 saturated heterocycles. The third kappa shape index (κ3) is 4.73. The summed E-state index contributed by atoms with van der Waals surface area (Å²) in [4.78, 5) is 25.6. The number of benzene rings is 1. The third-order valence-corrected chi connectivity index (χ3v) is 7.37. The number of thioether (sulfide) groups is 1. The molecule has 1 aliphatic heterocycles. The molecule has 0 radical (unpaired) electrons. The number of anilines is 1. The van der Waals surface area contributed by atoms with Crippen LogP contribution in [0.5, 0.6) is 5.88 Å². The van der Waals surface area contributed by atoms with Crippen molar-refractivity contribution in [1.29, 1.82) is 0 Å². The van der Waals surface area contributed by atoms with Gasteiger partial charge >= 0.3 is 0 Å². The number of fused-ring (bicyclic) bond motifs is 1. The molecule has 4 rings (SSSR count). The van der Waals surface area contributed by atoms with Crippen LogP contribution in [0, 0.1) is 11.7 Å². The van der Waals surface area contributed by atoms with Gasteiger partial charge in [-0.2, -0.15) is 0 Å². The molecule has 0 unspecified atom stereocenters. The van der Waals surface area contributed by atoms with Crippen molar-refractivity contribution in [3.05, 3.63) is 47.7 Å². The summed E-state index contributed by atoms with van der Waals surface area (Å²) in [6.07, 6.45) is 3.30. The van der Waals surface area contributed by atoms with Crippen molar-refractivity contribution in [2.75, 3.05) is 32.8 Å². The van der Waals surface area contributed by atoms with Crippen LogP contribution in [0.4, 0.5) is 10.1 Å². The van der Waals surface area contributed by atoms with Crippen LogP contribution in [0.15, 0.2) is 35.6 Å². The number of methoxy groups -OCH3 is 2. The molecule has 9 nitrogen and oxygen atoms in total. The number of rotatable bonds is 9. The molecule has 0 bridgehead atoms. The van der Waals surface area contributed by atoms with Gasteiger partial charge in [0, 0.05) is 31.4 Å². The average molecular weight is 490 g/mol. The Balaban J connectivity index is 1.52. The molecule has 1 aromatic carbocycles. The van der Waals surface area contributed by atoms with Gasteiger partial charge < -0.3 is 25.3 Å². The molecular formula is C23H28FN5O4S. The number of nitrogens with two attached hydrogens (primary N) is 1. The van der Waals surface area contributed by atoms with Crippen molar-refractivity contribution >= 4 is 28.5 Å². The fourth-order valence-electron chi connectivity index (χ4n) is 4.48. The van der Waals surface area contributed by atoms with E-state index in [1.165, 1.54) is 36.3 Å². The van der Waals surface area contributed by atoms with Crippen LogP contribution in [0.25, 0.3) is 0 Å². The summed E-state index contributed by atoms with van der Waals surface area (Å²) in [6.45, 7) is 4.62. The molecule has 182 valence electrons. The molecule has 2 aromatic rings. The van der Waals surface area contributed by atoms with E-state index in [9.17, 15) is 9.18 Å². The van der Waals surface area contributed by atoms with Crippen LogP contribution in [-0.2, 0) is 15.0 Å². The zero-order chi connectivity index (χ0) is 24.5. The predicted octanol–water partition coefficient (Wildman–Crippen LogP) is 2.96. The Labute approximate surface area is 201 Å². The Morgan fingerprint density at radius 3 is 2.79 bits per heavy atom. The van der Waals surface area contributed by atoms with Crippen molar-refractivity contribution in [2.45, 2.75) is 36.7 Å². The maximum absolute atomic E-state index is 15.0. The van der Waals surface area contributed by atoms with Crippen LogP contribution in [0.1, 0.15) is 36.3 Å². The summed E-state index contributed by atoms with van der Waals surface area (Å²) >= 11 is 1.49. The van der Waals surface area contributed by atoms with Crippen LogP contribution in [-0.4, -0.2) is 59.3 Å². The van der Waals surface area contributed by atoms with Gasteiger partial charge in [0.15, 0.2) is 5.17 Å². The summed E-state index contributed by atoms with van der Waals surface area (Å²) in [5.74, 6) is -0.535. The highest BCUT2D eigenvalue weighted by atomic mass is 32.2. The first-order valence-electron chi connectivity index (χ1n) is 10.8. The summed E-state index contributed by atoms with van der Waals surface area (Å²) in [6, 6.07) is 4.43. The van der Waals surface area contributed by atoms with Crippen LogP contribution in [0.3, 0.4) is 0 Å². The van der Waals surface area contributed by atoms with E-state index in [2.05, 4.69) is 20.3 Å². The first-order chi connectivity index (χ1) is 16.2. The molecule has 1 amide bonds. The van der Waals surface area contributed by atoms with Gasteiger partial charge in [-0.05, 0) is 38.5 Å². The van der Waals surface area contributed by atoms with Gasteiger partial charge in [-0.25, -0.2) is 14.4 Å². The zero-order valence-corrected chi connectivity index (χ0v) is 20.3. The SMILES string of the molecule is COC[C@H](C)Oc1cnc(C(=O)Nc2ccc(F)c([C@@]3(C)N=C(N)S[C@@]4(COC)C[C@H]43)c2)cn1. The molecule has 0 spiro atoms. The quantitative estimate of drug-likeness (QED) is 0.552. The number of amidine groups is 1. The first-order valence-corrected chi connectivity index (χ1v) is 11.6. The van der Waals surface area contributed by atoms with Gasteiger partial charge in [0.2, 0.25) is 5.88 Å². The van der Waals surface area contributed by atoms with E-state index in [4.69, 9.17) is 19.9 Å². The van der Waals surface area contributed by atoms with Crippen LogP contribution >= 0.6 is 11.8 Å². The number of hydrogen-bond acceptors (Lipinski definition) is 9. The van der Waals surface area contributed by atoms with Crippen LogP contribution in [0.2, 0.25) is 0 Å². The van der Waals surface area contributed by atoms with Gasteiger partial charge in [-0.1, -0.05) is 11.8 Å². The molecule has 1 saturated carbocycles. The highest BCUT2D eigenvalue weighted by Gasteiger charge is 2.66. The number of hydrogen-bond donors (Lipinski definition) is 2. The van der Waals surface area contributed by atoms with Crippen molar-refractivity contribution in [3.63, 3.8) is 0 Å². The second-order valence-electron chi connectivity index (χ2n) is 8.73. The molecule has 1 aliphatic carbocycles. The lowest BCUT2D eigenvalue weighted by molar-refractivity contribution is 0.0885. The number of carbonyl (C=O) groups is 1. The number of nitrogens with one attached hydrogen (secondary N) is 1. The second kappa shape index (κ2) is 9.47. The van der Waals surface area contributed by atoms with Crippen molar-refractivity contribution < 1.29 is 23.4 Å². The minimum Gasteiger partial charge on any atom is -0.471 e. The monoisotopic (exact) mass is 489 g/mol. The molecule has 11 heteroatoms. The van der Waals surface area contributed by atoms with Crippen LogP contribution < -0.4 is 15.8 Å². The Kier molecular flexibility index (Phi) is 6.79. The second-order valence-corrected chi connectivity index (χ2v) is 10.2. The summed E-state index contributed by atoms with van der Waals surface area (Å²) in [7, 11) is 3.22. The first kappa shape index (κ1) is 24.4. The summed E-state index contributed by atoms with van der Waals surface area (Å²) < 4.78 is 30.7. The number of nitrogens with zero attached hydrogens (tertiary/aromatic N) is 3. The van der Waals surface area contributed by atoms with E-state index >= 15 is 0 Å². The van der Waals surface area contributed by atoms with E-state index in [0.717, 1.165) is 6.42 Å². The largest absolute Gasteiger partial charge is 0.471 e. The average Bonchev–Trinajstić information content (AvgIpc) is 3.50. The number of halogens is 1. The molecular weight excluding hydrogens is 461 g/mol. The Hall–Kier alpha value is -2.76. The molecule has 1 fully saturated rings. The number of aliphatic imine (C=N–C) groups is 1. The normalized spacial score (nSPS) is 26.3. The summed E-state index contributed by atoms with van der Waals surface area (Å²) in [5.41, 5.74) is 6.14. The Morgan fingerprint density at radius 2 is 2.12 bits per heavy atom. The minimum atomic E-state index is -0.865. The number of ether oxygens (including phenoxy) is 3. The van der Waals surface area contributed by atoms with Gasteiger partial charge in [-0.3, -0.25) is 9.79 Å². The lowest BCUT2D eigenvalue weighted by Gasteiger charge is -2.34. The van der Waals surface area contributed by atoms with E-state index in [1.54, 1.807) is 20.3 Å². The highest BCUT2D eigenvalue weighted by molar-refractivity contribution is 8.15. The number of amides is 1. The molecule has 1 aromatic heterocycles. The lowest BCUT2D eigenvalue weighted by Crippen LogP contribution is -2.37. The predicted molar refractivity (Wildman–Crippen MR) is 128 cm³/mol.